The lowest BCUT2D eigenvalue weighted by Gasteiger charge is -2.06. The van der Waals surface area contributed by atoms with Crippen LogP contribution in [0.3, 0.4) is 0 Å². The Morgan fingerprint density at radius 1 is 1.16 bits per heavy atom. The van der Waals surface area contributed by atoms with Crippen molar-refractivity contribution in [1.29, 1.82) is 0 Å². The van der Waals surface area contributed by atoms with Gasteiger partial charge in [0.05, 0.1) is 23.8 Å². The smallest absolute Gasteiger partial charge is 0.180 e. The molecule has 3 heterocycles. The van der Waals surface area contributed by atoms with Crippen molar-refractivity contribution in [2.24, 2.45) is 0 Å². The molecule has 0 amide bonds. The summed E-state index contributed by atoms with van der Waals surface area (Å²) in [5, 5.41) is 17.0. The second-order valence-electron chi connectivity index (χ2n) is 4.15. The lowest BCUT2D eigenvalue weighted by atomic mass is 10.1. The summed E-state index contributed by atoms with van der Waals surface area (Å²) < 4.78 is 1.75. The van der Waals surface area contributed by atoms with Gasteiger partial charge in [-0.3, -0.25) is 9.38 Å². The molecule has 6 nitrogen and oxygen atoms in total. The summed E-state index contributed by atoms with van der Waals surface area (Å²) in [6.45, 7) is 3.91. The largest absolute Gasteiger partial charge is 0.262 e. The summed E-state index contributed by atoms with van der Waals surface area (Å²) >= 11 is 6.17. The molecule has 0 saturated carbocycles. The van der Waals surface area contributed by atoms with Crippen LogP contribution in [0, 0.1) is 6.92 Å². The van der Waals surface area contributed by atoms with Gasteiger partial charge in [-0.2, -0.15) is 10.2 Å². The Hall–Kier alpha value is -2.08. The van der Waals surface area contributed by atoms with Crippen molar-refractivity contribution in [3.63, 3.8) is 0 Å². The molecule has 0 bridgehead atoms. The molecule has 3 rings (SSSR count). The van der Waals surface area contributed by atoms with Crippen molar-refractivity contribution in [2.75, 3.05) is 0 Å². The Kier molecular flexibility index (Phi) is 2.87. The van der Waals surface area contributed by atoms with Crippen LogP contribution < -0.4 is 0 Å². The molecule has 3 aromatic heterocycles. The molecule has 96 valence electrons. The van der Waals surface area contributed by atoms with Gasteiger partial charge in [0.15, 0.2) is 11.5 Å². The Morgan fingerprint density at radius 2 is 2.00 bits per heavy atom. The molecule has 0 fully saturated rings. The van der Waals surface area contributed by atoms with Crippen LogP contribution in [0.25, 0.3) is 17.0 Å². The van der Waals surface area contributed by atoms with E-state index in [1.165, 1.54) is 0 Å². The average Bonchev–Trinajstić information content (AvgIpc) is 2.84. The van der Waals surface area contributed by atoms with Crippen LogP contribution in [0.5, 0.6) is 0 Å². The fourth-order valence-electron chi connectivity index (χ4n) is 1.96. The number of rotatable bonds is 2. The Bertz CT molecular complexity index is 751. The van der Waals surface area contributed by atoms with Crippen molar-refractivity contribution in [3.05, 3.63) is 35.0 Å². The van der Waals surface area contributed by atoms with Gasteiger partial charge < -0.3 is 0 Å². The van der Waals surface area contributed by atoms with Crippen LogP contribution >= 0.6 is 11.6 Å². The Labute approximate surface area is 114 Å². The average molecular weight is 275 g/mol. The molecule has 0 radical (unpaired) electrons. The molecule has 0 spiro atoms. The van der Waals surface area contributed by atoms with E-state index in [1.807, 2.05) is 19.9 Å². The molecular formula is C12H11ClN6. The normalized spacial score (nSPS) is 11.1. The van der Waals surface area contributed by atoms with Gasteiger partial charge in [0.2, 0.25) is 0 Å². The lowest BCUT2D eigenvalue weighted by Crippen LogP contribution is -2.01. The first-order chi connectivity index (χ1) is 9.20. The summed E-state index contributed by atoms with van der Waals surface area (Å²) in [6, 6.07) is 1.94. The van der Waals surface area contributed by atoms with Gasteiger partial charge in [0.1, 0.15) is 5.15 Å². The van der Waals surface area contributed by atoms with Crippen LogP contribution in [-0.2, 0) is 6.42 Å². The Morgan fingerprint density at radius 3 is 2.79 bits per heavy atom. The number of hydrogen-bond acceptors (Lipinski definition) is 5. The predicted molar refractivity (Wildman–Crippen MR) is 70.9 cm³/mol. The van der Waals surface area contributed by atoms with Crippen LogP contribution in [0.15, 0.2) is 18.5 Å². The maximum Gasteiger partial charge on any atom is 0.180 e. The van der Waals surface area contributed by atoms with E-state index in [0.29, 0.717) is 16.6 Å². The van der Waals surface area contributed by atoms with E-state index >= 15 is 0 Å². The second kappa shape index (κ2) is 4.55. The van der Waals surface area contributed by atoms with E-state index in [0.717, 1.165) is 23.4 Å². The number of aryl methyl sites for hydroxylation is 2. The van der Waals surface area contributed by atoms with Crippen molar-refractivity contribution in [2.45, 2.75) is 20.3 Å². The molecule has 0 atom stereocenters. The summed E-state index contributed by atoms with van der Waals surface area (Å²) in [6.07, 6.45) is 3.95. The van der Waals surface area contributed by atoms with E-state index < -0.39 is 0 Å². The molecule has 0 N–H and O–H groups in total. The zero-order valence-electron chi connectivity index (χ0n) is 10.5. The third kappa shape index (κ3) is 1.94. The minimum Gasteiger partial charge on any atom is -0.262 e. The third-order valence-corrected chi connectivity index (χ3v) is 3.11. The van der Waals surface area contributed by atoms with Crippen LogP contribution in [0.1, 0.15) is 18.3 Å². The number of nitrogens with zero attached hydrogens (tertiary/aromatic N) is 6. The topological polar surface area (TPSA) is 68.9 Å². The van der Waals surface area contributed by atoms with E-state index in [-0.39, 0.29) is 0 Å². The molecule has 19 heavy (non-hydrogen) atoms. The highest BCUT2D eigenvalue weighted by Gasteiger charge is 2.15. The minimum atomic E-state index is 0.467. The summed E-state index contributed by atoms with van der Waals surface area (Å²) in [5.41, 5.74) is 3.21. The van der Waals surface area contributed by atoms with E-state index in [9.17, 15) is 0 Å². The molecule has 0 aromatic carbocycles. The van der Waals surface area contributed by atoms with Gasteiger partial charge in [-0.1, -0.05) is 18.5 Å². The lowest BCUT2D eigenvalue weighted by molar-refractivity contribution is 0.890. The highest BCUT2D eigenvalue weighted by atomic mass is 35.5. The first kappa shape index (κ1) is 12.0. The van der Waals surface area contributed by atoms with Crippen molar-refractivity contribution >= 4 is 17.2 Å². The van der Waals surface area contributed by atoms with E-state index in [1.54, 1.807) is 16.8 Å². The summed E-state index contributed by atoms with van der Waals surface area (Å²) in [5.74, 6) is 0.664. The minimum absolute atomic E-state index is 0.467. The van der Waals surface area contributed by atoms with Crippen molar-refractivity contribution in [3.8, 4) is 11.4 Å². The number of halogens is 1. The first-order valence-electron chi connectivity index (χ1n) is 5.89. The molecule has 0 aliphatic carbocycles. The highest BCUT2D eigenvalue weighted by Crippen LogP contribution is 2.24. The van der Waals surface area contributed by atoms with Gasteiger partial charge in [-0.05, 0) is 19.4 Å². The number of hydrogen-bond donors (Lipinski definition) is 0. The monoisotopic (exact) mass is 274 g/mol. The van der Waals surface area contributed by atoms with Crippen LogP contribution in [0.2, 0.25) is 5.15 Å². The number of aromatic nitrogens is 6. The van der Waals surface area contributed by atoms with Gasteiger partial charge in [0, 0.05) is 5.56 Å². The fraction of sp³-hybridized carbons (Fsp3) is 0.250. The zero-order valence-corrected chi connectivity index (χ0v) is 11.3. The number of fused-ring (bicyclic) bond motifs is 1. The summed E-state index contributed by atoms with van der Waals surface area (Å²) in [4.78, 5) is 4.00. The molecule has 0 aliphatic rings. The third-order valence-electron chi connectivity index (χ3n) is 2.84. The van der Waals surface area contributed by atoms with Crippen LogP contribution in [0.4, 0.5) is 0 Å². The second-order valence-corrected chi connectivity index (χ2v) is 4.53. The van der Waals surface area contributed by atoms with Crippen molar-refractivity contribution < 1.29 is 0 Å². The molecular weight excluding hydrogens is 264 g/mol. The van der Waals surface area contributed by atoms with E-state index in [2.05, 4.69) is 25.4 Å². The molecule has 0 saturated heterocycles. The van der Waals surface area contributed by atoms with Gasteiger partial charge >= 0.3 is 0 Å². The SMILES string of the molecule is CCc1nnc(C)cc1-c1nnc2cncc(Cl)n12. The predicted octanol–water partition coefficient (Wildman–Crippen LogP) is 2.11. The summed E-state index contributed by atoms with van der Waals surface area (Å²) in [7, 11) is 0. The standard InChI is InChI=1S/C12H11ClN6/c1-3-9-8(4-7(2)15-16-9)12-18-17-11-6-14-5-10(13)19(11)12/h4-6H,3H2,1-2H3. The highest BCUT2D eigenvalue weighted by molar-refractivity contribution is 6.29. The maximum atomic E-state index is 6.17. The van der Waals surface area contributed by atoms with Gasteiger partial charge in [-0.25, -0.2) is 0 Å². The van der Waals surface area contributed by atoms with Gasteiger partial charge in [-0.15, -0.1) is 10.2 Å². The molecule has 3 aromatic rings. The molecule has 0 aliphatic heterocycles. The molecule has 0 unspecified atom stereocenters. The fourth-order valence-corrected chi connectivity index (χ4v) is 2.18. The van der Waals surface area contributed by atoms with Gasteiger partial charge in [0.25, 0.3) is 0 Å². The van der Waals surface area contributed by atoms with Crippen molar-refractivity contribution in [1.82, 2.24) is 29.8 Å². The van der Waals surface area contributed by atoms with Crippen LogP contribution in [-0.4, -0.2) is 29.8 Å². The first-order valence-corrected chi connectivity index (χ1v) is 6.26. The Balaban J connectivity index is 2.33. The molecule has 7 heteroatoms. The maximum absolute atomic E-state index is 6.17. The zero-order chi connectivity index (χ0) is 13.4. The quantitative estimate of drug-likeness (QED) is 0.716. The van der Waals surface area contributed by atoms with E-state index in [4.69, 9.17) is 11.6 Å².